The zero-order valence-electron chi connectivity index (χ0n) is 13.2. The van der Waals surface area contributed by atoms with Gasteiger partial charge in [-0.05, 0) is 42.9 Å². The monoisotopic (exact) mass is 332 g/mol. The molecule has 6 nitrogen and oxygen atoms in total. The van der Waals surface area contributed by atoms with E-state index >= 15 is 0 Å². The molecule has 3 rings (SSSR count). The number of ether oxygens (including phenoxy) is 2. The van der Waals surface area contributed by atoms with Gasteiger partial charge in [0.05, 0.1) is 19.9 Å². The van der Waals surface area contributed by atoms with Crippen LogP contribution in [-0.4, -0.2) is 25.2 Å². The highest BCUT2D eigenvalue weighted by atomic mass is 32.1. The Balaban J connectivity index is 1.81. The number of guanidine groups is 1. The summed E-state index contributed by atoms with van der Waals surface area (Å²) in [5.74, 6) is 1.87. The van der Waals surface area contributed by atoms with Gasteiger partial charge in [0.1, 0.15) is 0 Å². The highest BCUT2D eigenvalue weighted by Gasteiger charge is 2.24. The van der Waals surface area contributed by atoms with Crippen molar-refractivity contribution in [3.05, 3.63) is 34.3 Å². The van der Waals surface area contributed by atoms with Crippen LogP contribution in [0.2, 0.25) is 0 Å². The molecule has 1 aliphatic rings. The van der Waals surface area contributed by atoms with E-state index in [1.807, 2.05) is 6.07 Å². The molecular formula is C16H20N4O2S. The molecule has 0 saturated heterocycles. The molecule has 4 N–H and O–H groups in total. The van der Waals surface area contributed by atoms with Crippen LogP contribution in [0.4, 0.5) is 5.13 Å². The number of nitrogens with zero attached hydrogens (tertiary/aromatic N) is 1. The average Bonchev–Trinajstić information content (AvgIpc) is 2.94. The van der Waals surface area contributed by atoms with Gasteiger partial charge in [0, 0.05) is 4.88 Å². The Morgan fingerprint density at radius 3 is 2.83 bits per heavy atom. The number of methoxy groups -OCH3 is 2. The van der Waals surface area contributed by atoms with Gasteiger partial charge in [-0.15, -0.1) is 11.3 Å². The highest BCUT2D eigenvalue weighted by Crippen LogP contribution is 2.39. The molecule has 1 unspecified atom stereocenters. The van der Waals surface area contributed by atoms with Crippen LogP contribution in [0.15, 0.2) is 18.2 Å². The predicted molar refractivity (Wildman–Crippen MR) is 92.0 cm³/mol. The summed E-state index contributed by atoms with van der Waals surface area (Å²) < 4.78 is 10.7. The summed E-state index contributed by atoms with van der Waals surface area (Å²) in [6, 6.07) is 6.12. The zero-order chi connectivity index (χ0) is 16.4. The number of hydrogen-bond acceptors (Lipinski definition) is 5. The molecule has 2 aromatic rings. The Hall–Kier alpha value is -2.28. The first-order chi connectivity index (χ1) is 11.1. The van der Waals surface area contributed by atoms with E-state index < -0.39 is 0 Å². The standard InChI is InChI=1S/C16H20N4O2S/c1-21-12-6-4-9(7-13(12)22-2)10-3-5-11-14(8-10)23-16(19-11)20-15(17)18/h4,6-7,10H,3,5,8H2,1-2H3,(H4,17,18,19,20). The fourth-order valence-electron chi connectivity index (χ4n) is 2.93. The third kappa shape index (κ3) is 3.24. The Morgan fingerprint density at radius 2 is 2.13 bits per heavy atom. The van der Waals surface area contributed by atoms with Gasteiger partial charge in [-0.2, -0.15) is 0 Å². The largest absolute Gasteiger partial charge is 0.493 e. The molecule has 0 bridgehead atoms. The van der Waals surface area contributed by atoms with Crippen LogP contribution in [0, 0.1) is 5.41 Å². The van der Waals surface area contributed by atoms with Gasteiger partial charge in [-0.25, -0.2) is 4.98 Å². The number of aryl methyl sites for hydroxylation is 1. The number of rotatable bonds is 4. The van der Waals surface area contributed by atoms with Gasteiger partial charge in [-0.3, -0.25) is 5.41 Å². The molecule has 7 heteroatoms. The Bertz CT molecular complexity index is 729. The smallest absolute Gasteiger partial charge is 0.192 e. The van der Waals surface area contributed by atoms with Gasteiger partial charge in [0.25, 0.3) is 0 Å². The fourth-order valence-corrected chi connectivity index (χ4v) is 4.04. The summed E-state index contributed by atoms with van der Waals surface area (Å²) in [6.07, 6.45) is 2.93. The topological polar surface area (TPSA) is 93.2 Å². The lowest BCUT2D eigenvalue weighted by Gasteiger charge is -2.22. The normalized spacial score (nSPS) is 16.5. The molecule has 1 atom stereocenters. The van der Waals surface area contributed by atoms with Crippen molar-refractivity contribution in [3.63, 3.8) is 0 Å². The van der Waals surface area contributed by atoms with Crippen molar-refractivity contribution >= 4 is 22.4 Å². The molecule has 1 aromatic heterocycles. The van der Waals surface area contributed by atoms with Crippen LogP contribution in [-0.2, 0) is 12.8 Å². The lowest BCUT2D eigenvalue weighted by molar-refractivity contribution is 0.354. The summed E-state index contributed by atoms with van der Waals surface area (Å²) >= 11 is 1.58. The molecule has 0 fully saturated rings. The molecule has 0 spiro atoms. The van der Waals surface area contributed by atoms with Crippen LogP contribution in [0.1, 0.15) is 28.5 Å². The second kappa shape index (κ2) is 6.45. The number of benzene rings is 1. The number of nitrogens with two attached hydrogens (primary N) is 1. The molecule has 1 aromatic carbocycles. The fraction of sp³-hybridized carbons (Fsp3) is 0.375. The van der Waals surface area contributed by atoms with Gasteiger partial charge >= 0.3 is 0 Å². The van der Waals surface area contributed by atoms with Gasteiger partial charge in [-0.1, -0.05) is 6.07 Å². The minimum absolute atomic E-state index is 0.0764. The lowest BCUT2D eigenvalue weighted by atomic mass is 9.85. The summed E-state index contributed by atoms with van der Waals surface area (Å²) in [4.78, 5) is 5.79. The van der Waals surface area contributed by atoms with Gasteiger partial charge in [0.2, 0.25) is 0 Å². The number of fused-ring (bicyclic) bond motifs is 1. The van der Waals surface area contributed by atoms with Crippen LogP contribution in [0.5, 0.6) is 11.5 Å². The molecule has 1 heterocycles. The van der Waals surface area contributed by atoms with Crippen molar-refractivity contribution in [3.8, 4) is 11.5 Å². The number of thiazole rings is 1. The van der Waals surface area contributed by atoms with E-state index in [1.54, 1.807) is 25.6 Å². The Morgan fingerprint density at radius 1 is 1.35 bits per heavy atom. The van der Waals surface area contributed by atoms with Crippen LogP contribution in [0.25, 0.3) is 0 Å². The Kier molecular flexibility index (Phi) is 4.38. The maximum atomic E-state index is 7.31. The number of hydrogen-bond donors (Lipinski definition) is 3. The van der Waals surface area contributed by atoms with Crippen LogP contribution < -0.4 is 20.5 Å². The highest BCUT2D eigenvalue weighted by molar-refractivity contribution is 7.15. The molecular weight excluding hydrogens is 312 g/mol. The van der Waals surface area contributed by atoms with E-state index in [-0.39, 0.29) is 5.96 Å². The number of aromatic nitrogens is 1. The van der Waals surface area contributed by atoms with Gasteiger partial charge in [0.15, 0.2) is 22.6 Å². The first kappa shape index (κ1) is 15.6. The van der Waals surface area contributed by atoms with E-state index in [4.69, 9.17) is 20.6 Å². The summed E-state index contributed by atoms with van der Waals surface area (Å²) in [5, 5.41) is 10.8. The minimum Gasteiger partial charge on any atom is -0.493 e. The Labute approximate surface area is 139 Å². The molecule has 1 aliphatic carbocycles. The van der Waals surface area contributed by atoms with Gasteiger partial charge < -0.3 is 20.5 Å². The summed E-state index contributed by atoms with van der Waals surface area (Å²) in [7, 11) is 3.30. The average molecular weight is 332 g/mol. The molecule has 23 heavy (non-hydrogen) atoms. The summed E-state index contributed by atoms with van der Waals surface area (Å²) in [5.41, 5.74) is 7.75. The maximum absolute atomic E-state index is 7.31. The van der Waals surface area contributed by atoms with Crippen molar-refractivity contribution in [1.82, 2.24) is 4.98 Å². The van der Waals surface area contributed by atoms with Crippen LogP contribution >= 0.6 is 11.3 Å². The van der Waals surface area contributed by atoms with Crippen molar-refractivity contribution in [2.75, 3.05) is 19.5 Å². The quantitative estimate of drug-likeness (QED) is 0.591. The first-order valence-electron chi connectivity index (χ1n) is 7.42. The third-order valence-corrected chi connectivity index (χ3v) is 5.10. The van der Waals surface area contributed by atoms with Crippen LogP contribution in [0.3, 0.4) is 0 Å². The summed E-state index contributed by atoms with van der Waals surface area (Å²) in [6.45, 7) is 0. The van der Waals surface area contributed by atoms with Crippen molar-refractivity contribution in [1.29, 1.82) is 5.41 Å². The lowest BCUT2D eigenvalue weighted by Crippen LogP contribution is -2.20. The van der Waals surface area contributed by atoms with Crippen molar-refractivity contribution in [2.45, 2.75) is 25.2 Å². The number of anilines is 1. The third-order valence-electron chi connectivity index (χ3n) is 4.06. The zero-order valence-corrected chi connectivity index (χ0v) is 14.0. The predicted octanol–water partition coefficient (Wildman–Crippen LogP) is 2.74. The minimum atomic E-state index is -0.0764. The second-order valence-corrected chi connectivity index (χ2v) is 6.57. The molecule has 122 valence electrons. The van der Waals surface area contributed by atoms with Crippen molar-refractivity contribution in [2.24, 2.45) is 5.73 Å². The second-order valence-electron chi connectivity index (χ2n) is 5.48. The SMILES string of the molecule is COc1ccc(C2CCc3nc(NC(=N)N)sc3C2)cc1OC. The van der Waals surface area contributed by atoms with E-state index in [0.717, 1.165) is 36.5 Å². The molecule has 0 saturated carbocycles. The first-order valence-corrected chi connectivity index (χ1v) is 8.24. The van der Waals surface area contributed by atoms with E-state index in [9.17, 15) is 0 Å². The maximum Gasteiger partial charge on any atom is 0.192 e. The van der Waals surface area contributed by atoms with Crippen molar-refractivity contribution < 1.29 is 9.47 Å². The number of nitrogens with one attached hydrogen (secondary N) is 2. The van der Waals surface area contributed by atoms with E-state index in [1.165, 1.54) is 10.4 Å². The van der Waals surface area contributed by atoms with E-state index in [0.29, 0.717) is 11.0 Å². The molecule has 0 amide bonds. The van der Waals surface area contributed by atoms with E-state index in [2.05, 4.69) is 22.4 Å². The molecule has 0 aliphatic heterocycles. The molecule has 0 radical (unpaired) electrons.